The Morgan fingerprint density at radius 2 is 0.625 bits per heavy atom. The van der Waals surface area contributed by atoms with Crippen LogP contribution in [0.25, 0.3) is 0 Å². The molecule has 0 aliphatic carbocycles. The molecule has 0 aromatic rings. The zero-order chi connectivity index (χ0) is 35.0. The molecular weight excluding hydrogens is 590 g/mol. The molecule has 0 spiro atoms. The third-order valence-electron chi connectivity index (χ3n) is 10.6. The van der Waals surface area contributed by atoms with Gasteiger partial charge in [0.2, 0.25) is 5.91 Å². The lowest BCUT2D eigenvalue weighted by Crippen LogP contribution is -2.32. The zero-order valence-corrected chi connectivity index (χ0v) is 33.0. The predicted octanol–water partition coefficient (Wildman–Crippen LogP) is 13.7. The summed E-state index contributed by atoms with van der Waals surface area (Å²) in [4.78, 5) is 12.2. The lowest BCUT2D eigenvalue weighted by atomic mass is 10.0. The molecule has 4 heteroatoms. The Kier molecular flexibility index (Phi) is 40.3. The van der Waals surface area contributed by atoms with Crippen LogP contribution in [0.4, 0.5) is 0 Å². The van der Waals surface area contributed by atoms with E-state index in [2.05, 4.69) is 19.2 Å². The minimum Gasteiger partial charge on any atom is -0.390 e. The molecule has 0 fully saturated rings. The standard InChI is InChI=1S/C44H89NO3/c1-3-5-7-9-11-13-15-17-18-19-20-21-22-23-24-25-26-27-29-31-33-35-37-39-44(48)45-41-40-43(47)42(46)38-36-34-32-30-28-16-14-12-10-8-6-4-2/h42-43,46-47H,3-41H2,1-2H3,(H,45,48). The molecule has 0 aromatic carbocycles. The number of nitrogens with one attached hydrogen (secondary N) is 1. The fraction of sp³-hybridized carbons (Fsp3) is 0.977. The Hall–Kier alpha value is -0.610. The SMILES string of the molecule is CCCCCCCCCCCCCCCCCCCCCCCCCC(=O)NCCC(O)C(O)CCCCCCCCCCCCCC. The van der Waals surface area contributed by atoms with E-state index in [9.17, 15) is 15.0 Å². The largest absolute Gasteiger partial charge is 0.390 e. The molecule has 0 saturated carbocycles. The third kappa shape index (κ3) is 38.2. The van der Waals surface area contributed by atoms with Crippen molar-refractivity contribution in [3.8, 4) is 0 Å². The number of carbonyl (C=O) groups excluding carboxylic acids is 1. The summed E-state index contributed by atoms with van der Waals surface area (Å²) in [6, 6.07) is 0. The van der Waals surface area contributed by atoms with Gasteiger partial charge in [0, 0.05) is 13.0 Å². The van der Waals surface area contributed by atoms with Gasteiger partial charge >= 0.3 is 0 Å². The molecule has 4 nitrogen and oxygen atoms in total. The molecule has 0 saturated heterocycles. The summed E-state index contributed by atoms with van der Waals surface area (Å²) in [7, 11) is 0. The summed E-state index contributed by atoms with van der Waals surface area (Å²) in [6.07, 6.45) is 47.6. The van der Waals surface area contributed by atoms with Crippen molar-refractivity contribution in [1.82, 2.24) is 5.32 Å². The van der Waals surface area contributed by atoms with Crippen molar-refractivity contribution < 1.29 is 15.0 Å². The van der Waals surface area contributed by atoms with Crippen LogP contribution in [-0.2, 0) is 4.79 Å². The van der Waals surface area contributed by atoms with Gasteiger partial charge in [-0.05, 0) is 19.3 Å². The van der Waals surface area contributed by atoms with Crippen molar-refractivity contribution in [3.05, 3.63) is 0 Å². The van der Waals surface area contributed by atoms with Crippen LogP contribution in [0.5, 0.6) is 0 Å². The van der Waals surface area contributed by atoms with Gasteiger partial charge in [-0.2, -0.15) is 0 Å². The number of hydrogen-bond donors (Lipinski definition) is 3. The van der Waals surface area contributed by atoms with Gasteiger partial charge in [-0.15, -0.1) is 0 Å². The van der Waals surface area contributed by atoms with Gasteiger partial charge in [0.15, 0.2) is 0 Å². The summed E-state index contributed by atoms with van der Waals surface area (Å²) >= 11 is 0. The van der Waals surface area contributed by atoms with Crippen LogP contribution in [0.15, 0.2) is 0 Å². The summed E-state index contributed by atoms with van der Waals surface area (Å²) in [6.45, 7) is 5.02. The molecular formula is C44H89NO3. The highest BCUT2D eigenvalue weighted by Crippen LogP contribution is 2.17. The molecule has 0 heterocycles. The maximum atomic E-state index is 12.2. The lowest BCUT2D eigenvalue weighted by molar-refractivity contribution is -0.121. The highest BCUT2D eigenvalue weighted by Gasteiger charge is 2.15. The van der Waals surface area contributed by atoms with Crippen molar-refractivity contribution in [2.24, 2.45) is 0 Å². The lowest BCUT2D eigenvalue weighted by Gasteiger charge is -2.18. The molecule has 0 rings (SSSR count). The van der Waals surface area contributed by atoms with Crippen LogP contribution in [-0.4, -0.2) is 34.9 Å². The zero-order valence-electron chi connectivity index (χ0n) is 33.0. The first-order valence-electron chi connectivity index (χ1n) is 22.2. The van der Waals surface area contributed by atoms with Crippen LogP contribution in [0.1, 0.15) is 258 Å². The van der Waals surface area contributed by atoms with E-state index >= 15 is 0 Å². The van der Waals surface area contributed by atoms with E-state index in [0.29, 0.717) is 25.8 Å². The van der Waals surface area contributed by atoms with E-state index < -0.39 is 12.2 Å². The number of aliphatic hydroxyl groups excluding tert-OH is 2. The van der Waals surface area contributed by atoms with Gasteiger partial charge in [0.25, 0.3) is 0 Å². The topological polar surface area (TPSA) is 69.6 Å². The average Bonchev–Trinajstić information content (AvgIpc) is 3.08. The molecule has 1 amide bonds. The molecule has 48 heavy (non-hydrogen) atoms. The Bertz CT molecular complexity index is 612. The van der Waals surface area contributed by atoms with Gasteiger partial charge in [-0.25, -0.2) is 0 Å². The third-order valence-corrected chi connectivity index (χ3v) is 10.6. The van der Waals surface area contributed by atoms with Crippen molar-refractivity contribution in [3.63, 3.8) is 0 Å². The van der Waals surface area contributed by atoms with E-state index in [4.69, 9.17) is 0 Å². The molecule has 2 atom stereocenters. The Morgan fingerprint density at radius 3 is 0.938 bits per heavy atom. The van der Waals surface area contributed by atoms with E-state index in [-0.39, 0.29) is 5.91 Å². The van der Waals surface area contributed by atoms with Crippen molar-refractivity contribution in [1.29, 1.82) is 0 Å². The fourth-order valence-electron chi connectivity index (χ4n) is 7.10. The normalized spacial score (nSPS) is 12.8. The summed E-state index contributed by atoms with van der Waals surface area (Å²) in [5, 5.41) is 23.5. The van der Waals surface area contributed by atoms with Crippen molar-refractivity contribution in [2.75, 3.05) is 6.54 Å². The van der Waals surface area contributed by atoms with E-state index in [1.165, 1.54) is 199 Å². The Labute approximate surface area is 302 Å². The summed E-state index contributed by atoms with van der Waals surface area (Å²) < 4.78 is 0. The van der Waals surface area contributed by atoms with E-state index in [0.717, 1.165) is 25.7 Å². The summed E-state index contributed by atoms with van der Waals surface area (Å²) in [5.74, 6) is 0.0844. The first-order valence-corrected chi connectivity index (χ1v) is 22.2. The highest BCUT2D eigenvalue weighted by molar-refractivity contribution is 5.75. The van der Waals surface area contributed by atoms with Crippen LogP contribution in [0.3, 0.4) is 0 Å². The molecule has 3 N–H and O–H groups in total. The first kappa shape index (κ1) is 47.4. The van der Waals surface area contributed by atoms with Crippen LogP contribution in [0.2, 0.25) is 0 Å². The second-order valence-electron chi connectivity index (χ2n) is 15.5. The maximum Gasteiger partial charge on any atom is 0.219 e. The monoisotopic (exact) mass is 680 g/mol. The summed E-state index contributed by atoms with van der Waals surface area (Å²) in [5.41, 5.74) is 0. The molecule has 2 unspecified atom stereocenters. The molecule has 0 aliphatic heterocycles. The smallest absolute Gasteiger partial charge is 0.219 e. The molecule has 288 valence electrons. The highest BCUT2D eigenvalue weighted by atomic mass is 16.3. The van der Waals surface area contributed by atoms with E-state index in [1.54, 1.807) is 0 Å². The van der Waals surface area contributed by atoms with Gasteiger partial charge in [-0.3, -0.25) is 4.79 Å². The number of rotatable bonds is 41. The van der Waals surface area contributed by atoms with Crippen LogP contribution in [0, 0.1) is 0 Å². The van der Waals surface area contributed by atoms with Gasteiger partial charge in [0.05, 0.1) is 12.2 Å². The molecule has 0 aliphatic rings. The average molecular weight is 680 g/mol. The molecule has 0 radical (unpaired) electrons. The minimum absolute atomic E-state index is 0.0844. The fourth-order valence-corrected chi connectivity index (χ4v) is 7.10. The second kappa shape index (κ2) is 40.8. The predicted molar refractivity (Wildman–Crippen MR) is 212 cm³/mol. The van der Waals surface area contributed by atoms with Crippen LogP contribution < -0.4 is 5.32 Å². The number of hydrogen-bond acceptors (Lipinski definition) is 3. The minimum atomic E-state index is -0.739. The second-order valence-corrected chi connectivity index (χ2v) is 15.5. The molecule has 0 bridgehead atoms. The first-order chi connectivity index (χ1) is 23.6. The van der Waals surface area contributed by atoms with Crippen molar-refractivity contribution >= 4 is 5.91 Å². The quantitative estimate of drug-likeness (QED) is 0.0563. The number of aliphatic hydroxyl groups is 2. The Balaban J connectivity index is 3.32. The Morgan fingerprint density at radius 1 is 0.375 bits per heavy atom. The van der Waals surface area contributed by atoms with Gasteiger partial charge < -0.3 is 15.5 Å². The van der Waals surface area contributed by atoms with Crippen LogP contribution >= 0.6 is 0 Å². The number of amides is 1. The molecule has 0 aromatic heterocycles. The van der Waals surface area contributed by atoms with Crippen molar-refractivity contribution in [2.45, 2.75) is 270 Å². The van der Waals surface area contributed by atoms with Gasteiger partial charge in [-0.1, -0.05) is 232 Å². The van der Waals surface area contributed by atoms with Gasteiger partial charge in [0.1, 0.15) is 0 Å². The number of carbonyl (C=O) groups is 1. The number of unbranched alkanes of at least 4 members (excludes halogenated alkanes) is 33. The maximum absolute atomic E-state index is 12.2. The van der Waals surface area contributed by atoms with E-state index in [1.807, 2.05) is 0 Å².